The second-order valence-corrected chi connectivity index (χ2v) is 5.78. The van der Waals surface area contributed by atoms with Crippen molar-refractivity contribution in [2.75, 3.05) is 5.32 Å². The Labute approximate surface area is 125 Å². The summed E-state index contributed by atoms with van der Waals surface area (Å²) in [6.07, 6.45) is 2.06. The van der Waals surface area contributed by atoms with Crippen LogP contribution in [-0.4, -0.2) is 11.1 Å². The van der Waals surface area contributed by atoms with Gasteiger partial charge in [-0.3, -0.25) is 0 Å². The predicted octanol–water partition coefficient (Wildman–Crippen LogP) is 4.25. The van der Waals surface area contributed by atoms with Crippen LogP contribution in [0.15, 0.2) is 46.9 Å². The minimum atomic E-state index is -0.900. The van der Waals surface area contributed by atoms with Gasteiger partial charge in [-0.2, -0.15) is 0 Å². The van der Waals surface area contributed by atoms with E-state index in [1.807, 2.05) is 12.1 Å². The normalized spacial score (nSPS) is 16.8. The van der Waals surface area contributed by atoms with Gasteiger partial charge >= 0.3 is 5.97 Å². The molecule has 20 heavy (non-hydrogen) atoms. The molecule has 102 valence electrons. The number of rotatable bonds is 3. The third kappa shape index (κ3) is 2.43. The zero-order valence-corrected chi connectivity index (χ0v) is 12.4. The molecule has 0 saturated heterocycles. The molecular formula is C16H14BrNO2. The highest BCUT2D eigenvalue weighted by atomic mass is 79.9. The highest BCUT2D eigenvalue weighted by molar-refractivity contribution is 9.10. The van der Waals surface area contributed by atoms with E-state index >= 15 is 0 Å². The molecule has 0 fully saturated rings. The predicted molar refractivity (Wildman–Crippen MR) is 82.2 cm³/mol. The zero-order valence-electron chi connectivity index (χ0n) is 10.8. The minimum absolute atomic E-state index is 0.242. The average Bonchev–Trinajstić information content (AvgIpc) is 2.84. The average molecular weight is 332 g/mol. The van der Waals surface area contributed by atoms with E-state index < -0.39 is 5.97 Å². The lowest BCUT2D eigenvalue weighted by molar-refractivity contribution is 0.0697. The molecule has 0 aromatic heterocycles. The summed E-state index contributed by atoms with van der Waals surface area (Å²) in [5.41, 5.74) is 3.80. The molecule has 0 bridgehead atoms. The molecule has 3 rings (SSSR count). The van der Waals surface area contributed by atoms with E-state index in [9.17, 15) is 4.79 Å². The van der Waals surface area contributed by atoms with E-state index in [-0.39, 0.29) is 6.04 Å². The second-order valence-electron chi connectivity index (χ2n) is 4.93. The Morgan fingerprint density at radius 2 is 2.05 bits per heavy atom. The van der Waals surface area contributed by atoms with Gasteiger partial charge in [0, 0.05) is 10.2 Å². The fourth-order valence-corrected chi connectivity index (χ4v) is 3.28. The van der Waals surface area contributed by atoms with Gasteiger partial charge in [-0.1, -0.05) is 34.1 Å². The van der Waals surface area contributed by atoms with Crippen molar-refractivity contribution in [3.63, 3.8) is 0 Å². The van der Waals surface area contributed by atoms with Gasteiger partial charge in [-0.05, 0) is 48.2 Å². The van der Waals surface area contributed by atoms with Gasteiger partial charge in [0.25, 0.3) is 0 Å². The van der Waals surface area contributed by atoms with Gasteiger partial charge in [0.2, 0.25) is 0 Å². The molecule has 0 spiro atoms. The lowest BCUT2D eigenvalue weighted by Gasteiger charge is -2.16. The fraction of sp³-hybridized carbons (Fsp3) is 0.188. The van der Waals surface area contributed by atoms with Gasteiger partial charge in [-0.15, -0.1) is 0 Å². The first-order valence-electron chi connectivity index (χ1n) is 6.52. The van der Waals surface area contributed by atoms with Crippen molar-refractivity contribution in [2.45, 2.75) is 18.9 Å². The number of carbonyl (C=O) groups is 1. The minimum Gasteiger partial charge on any atom is -0.478 e. The maximum Gasteiger partial charge on any atom is 0.335 e. The number of aromatic carboxylic acids is 1. The zero-order chi connectivity index (χ0) is 14.1. The van der Waals surface area contributed by atoms with Crippen LogP contribution >= 0.6 is 15.9 Å². The number of carboxylic acids is 1. The molecule has 0 saturated carbocycles. The number of halogens is 1. The summed E-state index contributed by atoms with van der Waals surface area (Å²) in [5, 5.41) is 12.5. The first-order chi connectivity index (χ1) is 9.65. The first-order valence-corrected chi connectivity index (χ1v) is 7.31. The molecule has 1 atom stereocenters. The van der Waals surface area contributed by atoms with Crippen LogP contribution in [0.5, 0.6) is 0 Å². The van der Waals surface area contributed by atoms with E-state index in [4.69, 9.17) is 5.11 Å². The Balaban J connectivity index is 1.86. The monoisotopic (exact) mass is 331 g/mol. The smallest absolute Gasteiger partial charge is 0.335 e. The SMILES string of the molecule is O=C(O)c1cccc(NC2CCc3c(Br)cccc32)c1. The van der Waals surface area contributed by atoms with Crippen molar-refractivity contribution >= 4 is 27.6 Å². The van der Waals surface area contributed by atoms with Crippen LogP contribution in [0.1, 0.15) is 33.9 Å². The summed E-state index contributed by atoms with van der Waals surface area (Å²) in [4.78, 5) is 11.0. The molecule has 1 unspecified atom stereocenters. The number of fused-ring (bicyclic) bond motifs is 1. The third-order valence-corrected chi connectivity index (χ3v) is 4.41. The maximum absolute atomic E-state index is 11.0. The van der Waals surface area contributed by atoms with Gasteiger partial charge in [0.1, 0.15) is 0 Å². The van der Waals surface area contributed by atoms with Gasteiger partial charge in [0.15, 0.2) is 0 Å². The lowest BCUT2D eigenvalue weighted by atomic mass is 10.1. The summed E-state index contributed by atoms with van der Waals surface area (Å²) in [5.74, 6) is -0.900. The van der Waals surface area contributed by atoms with E-state index in [0.29, 0.717) is 5.56 Å². The number of hydrogen-bond donors (Lipinski definition) is 2. The summed E-state index contributed by atoms with van der Waals surface area (Å²) in [6.45, 7) is 0. The number of nitrogens with one attached hydrogen (secondary N) is 1. The van der Waals surface area contributed by atoms with Crippen LogP contribution in [0.25, 0.3) is 0 Å². The highest BCUT2D eigenvalue weighted by Crippen LogP contribution is 2.37. The van der Waals surface area contributed by atoms with Crippen LogP contribution in [-0.2, 0) is 6.42 Å². The molecule has 1 aliphatic rings. The molecule has 1 aliphatic carbocycles. The largest absolute Gasteiger partial charge is 0.478 e. The molecule has 2 aromatic rings. The maximum atomic E-state index is 11.0. The Morgan fingerprint density at radius 1 is 1.25 bits per heavy atom. The number of anilines is 1. The Bertz CT molecular complexity index is 669. The summed E-state index contributed by atoms with van der Waals surface area (Å²) in [6, 6.07) is 13.4. The second kappa shape index (κ2) is 5.29. The molecule has 2 N–H and O–H groups in total. The van der Waals surface area contributed by atoms with Gasteiger partial charge in [-0.25, -0.2) is 4.79 Å². The van der Waals surface area contributed by atoms with E-state index in [2.05, 4.69) is 33.4 Å². The molecule has 3 nitrogen and oxygen atoms in total. The molecule has 0 radical (unpaired) electrons. The van der Waals surface area contributed by atoms with E-state index in [0.717, 1.165) is 23.0 Å². The van der Waals surface area contributed by atoms with Crippen molar-refractivity contribution in [1.82, 2.24) is 0 Å². The van der Waals surface area contributed by atoms with Crippen molar-refractivity contribution in [3.05, 3.63) is 63.6 Å². The lowest BCUT2D eigenvalue weighted by Crippen LogP contribution is -2.08. The summed E-state index contributed by atoms with van der Waals surface area (Å²) in [7, 11) is 0. The molecule has 4 heteroatoms. The highest BCUT2D eigenvalue weighted by Gasteiger charge is 2.23. The quantitative estimate of drug-likeness (QED) is 0.884. The number of carboxylic acid groups (broad SMARTS) is 1. The number of hydrogen-bond acceptors (Lipinski definition) is 2. The van der Waals surface area contributed by atoms with Crippen molar-refractivity contribution in [2.24, 2.45) is 0 Å². The van der Waals surface area contributed by atoms with Crippen molar-refractivity contribution < 1.29 is 9.90 Å². The topological polar surface area (TPSA) is 49.3 Å². The fourth-order valence-electron chi connectivity index (χ4n) is 2.70. The van der Waals surface area contributed by atoms with Crippen LogP contribution in [0.2, 0.25) is 0 Å². The van der Waals surface area contributed by atoms with Crippen molar-refractivity contribution in [1.29, 1.82) is 0 Å². The first kappa shape index (κ1) is 13.2. The standard InChI is InChI=1S/C16H14BrNO2/c17-14-6-2-5-13-12(14)7-8-15(13)18-11-4-1-3-10(9-11)16(19)20/h1-6,9,15,18H,7-8H2,(H,19,20). The Morgan fingerprint density at radius 3 is 2.85 bits per heavy atom. The number of benzene rings is 2. The van der Waals surface area contributed by atoms with Gasteiger partial charge in [0.05, 0.1) is 11.6 Å². The molecule has 0 amide bonds. The van der Waals surface area contributed by atoms with Crippen LogP contribution in [0.3, 0.4) is 0 Å². The summed E-state index contributed by atoms with van der Waals surface area (Å²) < 4.78 is 1.15. The van der Waals surface area contributed by atoms with Crippen LogP contribution in [0.4, 0.5) is 5.69 Å². The van der Waals surface area contributed by atoms with Gasteiger partial charge < -0.3 is 10.4 Å². The molecule has 0 heterocycles. The van der Waals surface area contributed by atoms with E-state index in [1.54, 1.807) is 18.2 Å². The Hall–Kier alpha value is -1.81. The molecular weight excluding hydrogens is 318 g/mol. The molecule has 0 aliphatic heterocycles. The third-order valence-electron chi connectivity index (χ3n) is 3.66. The Kier molecular flexibility index (Phi) is 3.49. The van der Waals surface area contributed by atoms with E-state index in [1.165, 1.54) is 11.1 Å². The van der Waals surface area contributed by atoms with Crippen LogP contribution < -0.4 is 5.32 Å². The molecule has 2 aromatic carbocycles. The summed E-state index contributed by atoms with van der Waals surface area (Å²) >= 11 is 3.59. The van der Waals surface area contributed by atoms with Crippen molar-refractivity contribution in [3.8, 4) is 0 Å². The van der Waals surface area contributed by atoms with Crippen LogP contribution in [0, 0.1) is 0 Å².